The first-order valence-corrected chi connectivity index (χ1v) is 5.79. The van der Waals surface area contributed by atoms with Crippen molar-refractivity contribution in [2.75, 3.05) is 18.0 Å². The standard InChI is InChI=1S/C9H16N4OS/c1-6(2)11-3-4-15-9-12-7(10)5-8(14)13-9/h5-6,11H,3-4H2,1-2H3,(H3,10,12,13,14). The molecule has 1 rings (SSSR count). The van der Waals surface area contributed by atoms with Crippen molar-refractivity contribution in [3.8, 4) is 0 Å². The summed E-state index contributed by atoms with van der Waals surface area (Å²) in [5.41, 5.74) is 5.25. The minimum atomic E-state index is -0.207. The Morgan fingerprint density at radius 3 is 3.00 bits per heavy atom. The van der Waals surface area contributed by atoms with Crippen molar-refractivity contribution in [1.29, 1.82) is 0 Å². The van der Waals surface area contributed by atoms with Crippen LogP contribution in [-0.2, 0) is 0 Å². The number of hydrogen-bond acceptors (Lipinski definition) is 5. The Labute approximate surface area is 92.9 Å². The molecule has 0 bridgehead atoms. The average Bonchev–Trinajstić information content (AvgIpc) is 2.10. The predicted molar refractivity (Wildman–Crippen MR) is 63.1 cm³/mol. The minimum absolute atomic E-state index is 0.207. The second-order valence-corrected chi connectivity index (χ2v) is 4.52. The van der Waals surface area contributed by atoms with E-state index in [9.17, 15) is 4.79 Å². The summed E-state index contributed by atoms with van der Waals surface area (Å²) in [6, 6.07) is 1.75. The molecule has 1 heterocycles. The van der Waals surface area contributed by atoms with Crippen molar-refractivity contribution in [1.82, 2.24) is 15.3 Å². The van der Waals surface area contributed by atoms with Crippen LogP contribution in [0.2, 0.25) is 0 Å². The molecule has 15 heavy (non-hydrogen) atoms. The molecule has 6 heteroatoms. The zero-order valence-corrected chi connectivity index (χ0v) is 9.73. The molecule has 1 aromatic heterocycles. The van der Waals surface area contributed by atoms with E-state index in [2.05, 4.69) is 29.1 Å². The Morgan fingerprint density at radius 1 is 1.67 bits per heavy atom. The Hall–Kier alpha value is -1.01. The summed E-state index contributed by atoms with van der Waals surface area (Å²) in [6.45, 7) is 5.05. The third-order valence-corrected chi connectivity index (χ3v) is 2.51. The Kier molecular flexibility index (Phi) is 4.64. The van der Waals surface area contributed by atoms with Gasteiger partial charge in [0, 0.05) is 24.4 Å². The second kappa shape index (κ2) is 5.77. The van der Waals surface area contributed by atoms with Crippen molar-refractivity contribution < 1.29 is 0 Å². The van der Waals surface area contributed by atoms with Crippen molar-refractivity contribution in [3.63, 3.8) is 0 Å². The number of nitrogens with one attached hydrogen (secondary N) is 2. The van der Waals surface area contributed by atoms with Gasteiger partial charge in [-0.3, -0.25) is 4.79 Å². The van der Waals surface area contributed by atoms with Crippen molar-refractivity contribution in [2.24, 2.45) is 0 Å². The van der Waals surface area contributed by atoms with Crippen LogP contribution in [0.4, 0.5) is 5.82 Å². The summed E-state index contributed by atoms with van der Waals surface area (Å²) >= 11 is 1.48. The highest BCUT2D eigenvalue weighted by Gasteiger charge is 1.99. The van der Waals surface area contributed by atoms with Crippen LogP contribution < -0.4 is 16.6 Å². The Balaban J connectivity index is 2.40. The SMILES string of the molecule is CC(C)NCCSc1nc(N)cc(=O)[nH]1. The molecule has 0 saturated carbocycles. The lowest BCUT2D eigenvalue weighted by atomic mass is 10.4. The first-order valence-electron chi connectivity index (χ1n) is 4.81. The molecule has 0 fully saturated rings. The van der Waals surface area contributed by atoms with Gasteiger partial charge >= 0.3 is 0 Å². The first-order chi connectivity index (χ1) is 7.08. The Morgan fingerprint density at radius 2 is 2.40 bits per heavy atom. The molecule has 0 atom stereocenters. The zero-order valence-electron chi connectivity index (χ0n) is 8.91. The van der Waals surface area contributed by atoms with Gasteiger partial charge in [0.1, 0.15) is 5.82 Å². The van der Waals surface area contributed by atoms with E-state index < -0.39 is 0 Å². The van der Waals surface area contributed by atoms with Gasteiger partial charge in [0.2, 0.25) is 0 Å². The summed E-state index contributed by atoms with van der Waals surface area (Å²) in [6.07, 6.45) is 0. The number of aromatic nitrogens is 2. The maximum Gasteiger partial charge on any atom is 0.253 e. The third-order valence-electron chi connectivity index (χ3n) is 1.63. The van der Waals surface area contributed by atoms with E-state index >= 15 is 0 Å². The largest absolute Gasteiger partial charge is 0.383 e. The molecule has 0 saturated heterocycles. The fourth-order valence-corrected chi connectivity index (χ4v) is 1.77. The average molecular weight is 228 g/mol. The van der Waals surface area contributed by atoms with Gasteiger partial charge in [0.05, 0.1) is 0 Å². The van der Waals surface area contributed by atoms with Gasteiger partial charge in [-0.2, -0.15) is 0 Å². The summed E-state index contributed by atoms with van der Waals surface area (Å²) in [5.74, 6) is 1.11. The Bertz CT molecular complexity index is 363. The van der Waals surface area contributed by atoms with Crippen LogP contribution >= 0.6 is 11.8 Å². The number of nitrogens with two attached hydrogens (primary N) is 1. The van der Waals surface area contributed by atoms with Gasteiger partial charge in [-0.15, -0.1) is 0 Å². The number of aromatic amines is 1. The highest BCUT2D eigenvalue weighted by atomic mass is 32.2. The molecule has 0 amide bonds. The smallest absolute Gasteiger partial charge is 0.253 e. The van der Waals surface area contributed by atoms with Crippen LogP contribution in [0.15, 0.2) is 16.0 Å². The molecule has 0 spiro atoms. The van der Waals surface area contributed by atoms with E-state index in [-0.39, 0.29) is 11.4 Å². The van der Waals surface area contributed by atoms with Gasteiger partial charge in [0.25, 0.3) is 5.56 Å². The molecule has 0 unspecified atom stereocenters. The number of thioether (sulfide) groups is 1. The quantitative estimate of drug-likeness (QED) is 0.387. The monoisotopic (exact) mass is 228 g/mol. The third kappa shape index (κ3) is 4.85. The zero-order chi connectivity index (χ0) is 11.3. The van der Waals surface area contributed by atoms with E-state index in [0.717, 1.165) is 12.3 Å². The van der Waals surface area contributed by atoms with E-state index in [0.29, 0.717) is 11.2 Å². The van der Waals surface area contributed by atoms with Crippen molar-refractivity contribution in [3.05, 3.63) is 16.4 Å². The van der Waals surface area contributed by atoms with Crippen LogP contribution in [0.3, 0.4) is 0 Å². The van der Waals surface area contributed by atoms with Gasteiger partial charge in [0.15, 0.2) is 5.16 Å². The molecule has 4 N–H and O–H groups in total. The number of anilines is 1. The summed E-state index contributed by atoms with van der Waals surface area (Å²) < 4.78 is 0. The van der Waals surface area contributed by atoms with Gasteiger partial charge in [-0.1, -0.05) is 25.6 Å². The summed E-state index contributed by atoms with van der Waals surface area (Å²) in [5, 5.41) is 3.85. The minimum Gasteiger partial charge on any atom is -0.383 e. The molecular formula is C9H16N4OS. The van der Waals surface area contributed by atoms with E-state index in [1.165, 1.54) is 17.8 Å². The summed E-state index contributed by atoms with van der Waals surface area (Å²) in [7, 11) is 0. The van der Waals surface area contributed by atoms with Crippen molar-refractivity contribution >= 4 is 17.6 Å². The number of H-pyrrole nitrogens is 1. The molecule has 0 radical (unpaired) electrons. The van der Waals surface area contributed by atoms with E-state index in [4.69, 9.17) is 5.73 Å². The van der Waals surface area contributed by atoms with E-state index in [1.807, 2.05) is 0 Å². The molecule has 0 aliphatic carbocycles. The van der Waals surface area contributed by atoms with Gasteiger partial charge in [-0.25, -0.2) is 4.98 Å². The fourth-order valence-electron chi connectivity index (χ4n) is 1.02. The number of nitrogens with zero attached hydrogens (tertiary/aromatic N) is 1. The first kappa shape index (κ1) is 12.1. The number of nitrogen functional groups attached to an aromatic ring is 1. The molecule has 0 aliphatic heterocycles. The topological polar surface area (TPSA) is 83.8 Å². The van der Waals surface area contributed by atoms with Crippen LogP contribution in [0, 0.1) is 0 Å². The lowest BCUT2D eigenvalue weighted by Gasteiger charge is -2.06. The molecule has 1 aromatic rings. The molecular weight excluding hydrogens is 212 g/mol. The van der Waals surface area contributed by atoms with E-state index in [1.54, 1.807) is 0 Å². The van der Waals surface area contributed by atoms with Gasteiger partial charge in [-0.05, 0) is 0 Å². The summed E-state index contributed by atoms with van der Waals surface area (Å²) in [4.78, 5) is 17.7. The number of hydrogen-bond donors (Lipinski definition) is 3. The maximum absolute atomic E-state index is 11.0. The molecule has 0 aliphatic rings. The predicted octanol–water partition coefficient (Wildman–Crippen LogP) is 0.442. The van der Waals surface area contributed by atoms with Crippen LogP contribution in [0.1, 0.15) is 13.8 Å². The molecule has 5 nitrogen and oxygen atoms in total. The van der Waals surface area contributed by atoms with Gasteiger partial charge < -0.3 is 16.0 Å². The van der Waals surface area contributed by atoms with Crippen LogP contribution in [0.5, 0.6) is 0 Å². The van der Waals surface area contributed by atoms with Crippen LogP contribution in [-0.4, -0.2) is 28.3 Å². The highest BCUT2D eigenvalue weighted by molar-refractivity contribution is 7.99. The molecule has 0 aromatic carbocycles. The van der Waals surface area contributed by atoms with Crippen molar-refractivity contribution in [2.45, 2.75) is 25.0 Å². The lowest BCUT2D eigenvalue weighted by Crippen LogP contribution is -2.25. The highest BCUT2D eigenvalue weighted by Crippen LogP contribution is 2.10. The number of rotatable bonds is 5. The van der Waals surface area contributed by atoms with Crippen LogP contribution in [0.25, 0.3) is 0 Å². The molecule has 84 valence electrons. The maximum atomic E-state index is 11.0. The normalized spacial score (nSPS) is 10.9. The second-order valence-electron chi connectivity index (χ2n) is 3.43. The fraction of sp³-hybridized carbons (Fsp3) is 0.556. The lowest BCUT2D eigenvalue weighted by molar-refractivity contribution is 0.615.